The van der Waals surface area contributed by atoms with Crippen molar-refractivity contribution in [3.8, 4) is 0 Å². The molecule has 1 aliphatic heterocycles. The number of carbonyl (C=O) groups excluding carboxylic acids is 1. The number of nitrogens with two attached hydrogens (primary N) is 1. The van der Waals surface area contributed by atoms with Gasteiger partial charge in [0.1, 0.15) is 0 Å². The third-order valence-corrected chi connectivity index (χ3v) is 4.91. The van der Waals surface area contributed by atoms with Gasteiger partial charge in [-0.15, -0.1) is 0 Å². The maximum atomic E-state index is 11.8. The minimum absolute atomic E-state index is 0.207. The summed E-state index contributed by atoms with van der Waals surface area (Å²) in [6.07, 6.45) is 4.05. The highest BCUT2D eigenvalue weighted by Crippen LogP contribution is 2.35. The molecule has 19 heavy (non-hydrogen) atoms. The van der Waals surface area contributed by atoms with Crippen LogP contribution in [-0.4, -0.2) is 54.7 Å². The van der Waals surface area contributed by atoms with Crippen LogP contribution in [0.15, 0.2) is 0 Å². The number of ether oxygens (including phenoxy) is 1. The van der Waals surface area contributed by atoms with Gasteiger partial charge in [-0.05, 0) is 46.2 Å². The predicted octanol–water partition coefficient (Wildman–Crippen LogP) is 0.482. The zero-order valence-electron chi connectivity index (χ0n) is 12.3. The van der Waals surface area contributed by atoms with E-state index in [4.69, 9.17) is 10.5 Å². The van der Waals surface area contributed by atoms with Crippen molar-refractivity contribution in [2.45, 2.75) is 63.3 Å². The molecular weight excluding hydrogens is 242 g/mol. The predicted molar refractivity (Wildman–Crippen MR) is 74.8 cm³/mol. The molecule has 1 heterocycles. The molecule has 5 heteroatoms. The van der Waals surface area contributed by atoms with Gasteiger partial charge in [-0.2, -0.15) is 0 Å². The van der Waals surface area contributed by atoms with Crippen LogP contribution in [0.5, 0.6) is 0 Å². The summed E-state index contributed by atoms with van der Waals surface area (Å²) in [5, 5.41) is 3.31. The van der Waals surface area contributed by atoms with E-state index < -0.39 is 5.54 Å². The molecule has 2 aliphatic rings. The molecule has 4 atom stereocenters. The second kappa shape index (κ2) is 5.77. The lowest BCUT2D eigenvalue weighted by atomic mass is 9.95. The van der Waals surface area contributed by atoms with Gasteiger partial charge in [0.2, 0.25) is 5.91 Å². The van der Waals surface area contributed by atoms with E-state index in [1.165, 1.54) is 0 Å². The smallest absolute Gasteiger partial charge is 0.237 e. The lowest BCUT2D eigenvalue weighted by Gasteiger charge is -2.34. The fraction of sp³-hybridized carbons (Fsp3) is 0.929. The Balaban J connectivity index is 2.02. The summed E-state index contributed by atoms with van der Waals surface area (Å²) in [6, 6.07) is 0.885. The van der Waals surface area contributed by atoms with Crippen LogP contribution in [0.3, 0.4) is 0 Å². The van der Waals surface area contributed by atoms with Gasteiger partial charge in [0.05, 0.1) is 11.6 Å². The number of nitrogens with zero attached hydrogens (tertiary/aromatic N) is 1. The number of amides is 1. The topological polar surface area (TPSA) is 67.6 Å². The number of nitrogens with one attached hydrogen (secondary N) is 1. The van der Waals surface area contributed by atoms with Crippen molar-refractivity contribution in [2.24, 2.45) is 5.73 Å². The summed E-state index contributed by atoms with van der Waals surface area (Å²) in [5.41, 5.74) is 5.11. The second-order valence-corrected chi connectivity index (χ2v) is 5.97. The van der Waals surface area contributed by atoms with Crippen LogP contribution in [-0.2, 0) is 9.53 Å². The number of hydrogen-bond acceptors (Lipinski definition) is 4. The van der Waals surface area contributed by atoms with Crippen LogP contribution in [0.25, 0.3) is 0 Å². The third-order valence-electron chi connectivity index (χ3n) is 4.91. The van der Waals surface area contributed by atoms with Crippen LogP contribution in [0.1, 0.15) is 39.5 Å². The Hall–Kier alpha value is -0.650. The minimum Gasteiger partial charge on any atom is -0.377 e. The highest BCUT2D eigenvalue weighted by atomic mass is 16.5. The van der Waals surface area contributed by atoms with Crippen LogP contribution < -0.4 is 11.1 Å². The standard InChI is InChI=1S/C14H27N3O2/c1-4-16-14(13(15)18)7-5-11(9-14)17(3)12-6-8-19-10(12)2/h10-12,16H,4-9H2,1-3H3,(H2,15,18). The molecule has 3 N–H and O–H groups in total. The fourth-order valence-electron chi connectivity index (χ4n) is 3.70. The summed E-state index contributed by atoms with van der Waals surface area (Å²) in [5.74, 6) is -0.207. The molecule has 1 saturated heterocycles. The monoisotopic (exact) mass is 269 g/mol. The van der Waals surface area contributed by atoms with Gasteiger partial charge in [0.25, 0.3) is 0 Å². The molecule has 110 valence electrons. The summed E-state index contributed by atoms with van der Waals surface area (Å²) in [4.78, 5) is 14.2. The second-order valence-electron chi connectivity index (χ2n) is 5.97. The Morgan fingerprint density at radius 3 is 2.79 bits per heavy atom. The average Bonchev–Trinajstić information content (AvgIpc) is 2.96. The van der Waals surface area contributed by atoms with Crippen LogP contribution in [0.4, 0.5) is 0 Å². The van der Waals surface area contributed by atoms with Gasteiger partial charge < -0.3 is 15.8 Å². The van der Waals surface area contributed by atoms with Crippen molar-refractivity contribution in [3.05, 3.63) is 0 Å². The molecule has 5 nitrogen and oxygen atoms in total. The van der Waals surface area contributed by atoms with E-state index in [1.807, 2.05) is 6.92 Å². The van der Waals surface area contributed by atoms with Crippen LogP contribution in [0.2, 0.25) is 0 Å². The van der Waals surface area contributed by atoms with Gasteiger partial charge in [-0.3, -0.25) is 9.69 Å². The Kier molecular flexibility index (Phi) is 4.48. The first-order chi connectivity index (χ1) is 9.00. The molecule has 1 saturated carbocycles. The molecule has 1 aliphatic carbocycles. The van der Waals surface area contributed by atoms with E-state index in [9.17, 15) is 4.79 Å². The van der Waals surface area contributed by atoms with Crippen molar-refractivity contribution in [2.75, 3.05) is 20.2 Å². The van der Waals surface area contributed by atoms with Crippen molar-refractivity contribution in [1.29, 1.82) is 0 Å². The first-order valence-electron chi connectivity index (χ1n) is 7.38. The fourth-order valence-corrected chi connectivity index (χ4v) is 3.70. The molecule has 4 unspecified atom stereocenters. The lowest BCUT2D eigenvalue weighted by molar-refractivity contribution is -0.124. The molecule has 0 bridgehead atoms. The Labute approximate surface area is 115 Å². The first kappa shape index (κ1) is 14.8. The van der Waals surface area contributed by atoms with Crippen LogP contribution >= 0.6 is 0 Å². The maximum Gasteiger partial charge on any atom is 0.237 e. The largest absolute Gasteiger partial charge is 0.377 e. The summed E-state index contributed by atoms with van der Waals surface area (Å²) < 4.78 is 5.64. The van der Waals surface area contributed by atoms with Crippen molar-refractivity contribution in [1.82, 2.24) is 10.2 Å². The summed E-state index contributed by atoms with van der Waals surface area (Å²) in [7, 11) is 2.16. The Bertz CT molecular complexity index is 337. The molecule has 2 fully saturated rings. The van der Waals surface area contributed by atoms with E-state index >= 15 is 0 Å². The van der Waals surface area contributed by atoms with E-state index in [0.717, 1.165) is 38.8 Å². The quantitative estimate of drug-likeness (QED) is 0.762. The van der Waals surface area contributed by atoms with Gasteiger partial charge in [-0.1, -0.05) is 6.92 Å². The number of likely N-dealkylation sites (N-methyl/N-ethyl adjacent to an activating group) is 2. The van der Waals surface area contributed by atoms with Gasteiger partial charge >= 0.3 is 0 Å². The molecule has 0 spiro atoms. The van der Waals surface area contributed by atoms with Gasteiger partial charge in [0, 0.05) is 18.7 Å². The average molecular weight is 269 g/mol. The number of rotatable bonds is 5. The zero-order chi connectivity index (χ0) is 14.0. The van der Waals surface area contributed by atoms with Crippen molar-refractivity contribution < 1.29 is 9.53 Å². The molecule has 0 aromatic carbocycles. The Morgan fingerprint density at radius 2 is 2.26 bits per heavy atom. The van der Waals surface area contributed by atoms with Gasteiger partial charge in [-0.25, -0.2) is 0 Å². The molecule has 0 aromatic rings. The number of hydrogen-bond donors (Lipinski definition) is 2. The summed E-state index contributed by atoms with van der Waals surface area (Å²) in [6.45, 7) is 5.78. The molecular formula is C14H27N3O2. The SMILES string of the molecule is CCNC1(C(N)=O)CCC(N(C)C2CCOC2C)C1. The van der Waals surface area contributed by atoms with E-state index in [0.29, 0.717) is 12.1 Å². The summed E-state index contributed by atoms with van der Waals surface area (Å²) >= 11 is 0. The number of carbonyl (C=O) groups is 1. The third kappa shape index (κ3) is 2.78. The van der Waals surface area contributed by atoms with Crippen molar-refractivity contribution >= 4 is 5.91 Å². The Morgan fingerprint density at radius 1 is 1.53 bits per heavy atom. The molecule has 1 amide bonds. The molecule has 2 rings (SSSR count). The van der Waals surface area contributed by atoms with E-state index in [2.05, 4.69) is 24.2 Å². The highest BCUT2D eigenvalue weighted by Gasteiger charge is 2.46. The lowest BCUT2D eigenvalue weighted by Crippen LogP contribution is -2.55. The minimum atomic E-state index is -0.504. The van der Waals surface area contributed by atoms with Crippen molar-refractivity contribution in [3.63, 3.8) is 0 Å². The van der Waals surface area contributed by atoms with Crippen LogP contribution in [0, 0.1) is 0 Å². The maximum absolute atomic E-state index is 11.8. The molecule has 0 radical (unpaired) electrons. The molecule has 0 aromatic heterocycles. The highest BCUT2D eigenvalue weighted by molar-refractivity contribution is 5.85. The first-order valence-corrected chi connectivity index (χ1v) is 7.38. The normalized spacial score (nSPS) is 39.1. The van der Waals surface area contributed by atoms with E-state index in [1.54, 1.807) is 0 Å². The van der Waals surface area contributed by atoms with Gasteiger partial charge in [0.15, 0.2) is 0 Å². The van der Waals surface area contributed by atoms with E-state index in [-0.39, 0.29) is 12.0 Å². The zero-order valence-corrected chi connectivity index (χ0v) is 12.3. The number of primary amides is 1.